The Kier molecular flexibility index (Phi) is 29.2. The Morgan fingerprint density at radius 2 is 0.833 bits per heavy atom. The standard InChI is InChI=1S/C22H25NO3.C17H15NO3.C14H23NO.C5H12O.H4N2.H2O/c1-16(2)12-14-26-18-9-5-7-17(15-18)8-6-13-23-21(24)19-10-3-4-11-20(19)22(23)25;19-13-7-3-5-12(11-13)6-4-10-18-16(20)14-8-1-2-9-15(14)17(18)21;1-12(2)8-10-16-14-7-3-5-13(11-14)6-4-9-15;1-5(2)3-4-6;1-2;/h3-5,7,9-11,15-16H,6,8,12-14H2,1-2H3;1-3,5,7-9,11,19H,4,6,10H2;3,5,7,11-12H,4,6,8-10,15H2,1-2H3;5-6H,3-4H2,1-2H3;1-2H2;1H2. The molecular weight excluding hydrogens is 911 g/mol. The average molecular weight is 992 g/mol. The maximum Gasteiger partial charge on any atom is 0.261 e. The number of phenols is 1. The Hall–Kier alpha value is -6.42. The lowest BCUT2D eigenvalue weighted by molar-refractivity contribution is 0.0637. The number of aryl methyl sites for hydroxylation is 3. The minimum atomic E-state index is -0.216. The van der Waals surface area contributed by atoms with Crippen LogP contribution in [-0.2, 0) is 19.3 Å². The van der Waals surface area contributed by atoms with Crippen LogP contribution >= 0.6 is 0 Å². The molecule has 0 spiro atoms. The number of aromatic hydroxyl groups is 1. The molecule has 2 aliphatic heterocycles. The number of amides is 4. The van der Waals surface area contributed by atoms with Crippen molar-refractivity contribution < 1.29 is 44.3 Å². The number of nitrogens with two attached hydrogens (primary N) is 3. The van der Waals surface area contributed by atoms with Crippen LogP contribution in [0.2, 0.25) is 0 Å². The summed E-state index contributed by atoms with van der Waals surface area (Å²) in [6.45, 7) is 16.4. The summed E-state index contributed by atoms with van der Waals surface area (Å²) >= 11 is 0. The zero-order valence-electron chi connectivity index (χ0n) is 43.4. The minimum Gasteiger partial charge on any atom is -0.508 e. The van der Waals surface area contributed by atoms with Gasteiger partial charge in [0.15, 0.2) is 0 Å². The number of rotatable bonds is 21. The first-order valence-electron chi connectivity index (χ1n) is 25.0. The molecule has 0 bridgehead atoms. The molecule has 0 saturated heterocycles. The van der Waals surface area contributed by atoms with Crippen LogP contribution in [0.1, 0.15) is 138 Å². The molecule has 0 saturated carbocycles. The summed E-state index contributed by atoms with van der Waals surface area (Å²) in [5.74, 6) is 11.3. The van der Waals surface area contributed by atoms with Crippen molar-refractivity contribution in [3.05, 3.63) is 160 Å². The highest BCUT2D eigenvalue weighted by atomic mass is 16.5. The van der Waals surface area contributed by atoms with Gasteiger partial charge < -0.3 is 30.9 Å². The van der Waals surface area contributed by atoms with Crippen LogP contribution in [0.3, 0.4) is 0 Å². The van der Waals surface area contributed by atoms with E-state index in [2.05, 4.69) is 77.5 Å². The summed E-state index contributed by atoms with van der Waals surface area (Å²) < 4.78 is 11.5. The molecule has 7 rings (SSSR count). The van der Waals surface area contributed by atoms with Gasteiger partial charge in [-0.25, -0.2) is 0 Å². The van der Waals surface area contributed by atoms with Crippen LogP contribution in [0.15, 0.2) is 121 Å². The van der Waals surface area contributed by atoms with Gasteiger partial charge in [0.1, 0.15) is 17.2 Å². The third-order valence-corrected chi connectivity index (χ3v) is 11.5. The van der Waals surface area contributed by atoms with E-state index in [0.717, 1.165) is 87.3 Å². The van der Waals surface area contributed by atoms with Crippen molar-refractivity contribution in [3.8, 4) is 17.2 Å². The quantitative estimate of drug-likeness (QED) is 0.0264. The maximum absolute atomic E-state index is 12.4. The van der Waals surface area contributed by atoms with E-state index in [1.165, 1.54) is 15.4 Å². The van der Waals surface area contributed by atoms with Crippen molar-refractivity contribution in [3.63, 3.8) is 0 Å². The zero-order chi connectivity index (χ0) is 52.1. The van der Waals surface area contributed by atoms with E-state index < -0.39 is 0 Å². The molecule has 5 aromatic carbocycles. The van der Waals surface area contributed by atoms with Gasteiger partial charge in [-0.15, -0.1) is 0 Å². The van der Waals surface area contributed by atoms with Crippen molar-refractivity contribution in [1.29, 1.82) is 0 Å². The van der Waals surface area contributed by atoms with Gasteiger partial charge in [0.05, 0.1) is 35.5 Å². The second-order valence-corrected chi connectivity index (χ2v) is 18.6. The van der Waals surface area contributed by atoms with Gasteiger partial charge in [-0.3, -0.25) is 40.7 Å². The third-order valence-electron chi connectivity index (χ3n) is 11.5. The second kappa shape index (κ2) is 34.0. The van der Waals surface area contributed by atoms with Gasteiger partial charge in [0.25, 0.3) is 23.6 Å². The van der Waals surface area contributed by atoms with Crippen LogP contribution in [-0.4, -0.2) is 88.6 Å². The molecule has 14 nitrogen and oxygen atoms in total. The number of fused-ring (bicyclic) bond motifs is 2. The third kappa shape index (κ3) is 21.1. The first-order valence-corrected chi connectivity index (χ1v) is 25.0. The summed E-state index contributed by atoms with van der Waals surface area (Å²) in [7, 11) is 0. The largest absolute Gasteiger partial charge is 0.508 e. The van der Waals surface area contributed by atoms with Crippen LogP contribution in [0, 0.1) is 17.8 Å². The lowest BCUT2D eigenvalue weighted by Gasteiger charge is -2.14. The topological polar surface area (TPSA) is 243 Å². The summed E-state index contributed by atoms with van der Waals surface area (Å²) in [6.07, 6.45) is 8.07. The number of nitrogens with zero attached hydrogens (tertiary/aromatic N) is 2. The SMILES string of the molecule is CC(C)CCO.CC(C)CCOc1cccc(CCCN)c1.CC(C)CCOc1cccc(CCCN2C(=O)c3ccccc3C2=O)c1.NN.O.O=C1c2ccccc2C(=O)N1CCCc1cccc(O)c1. The molecule has 0 aliphatic carbocycles. The average Bonchev–Trinajstić information content (AvgIpc) is 3.75. The van der Waals surface area contributed by atoms with Crippen molar-refractivity contribution in [2.24, 2.45) is 35.2 Å². The number of aliphatic hydroxyl groups excluding tert-OH is 1. The smallest absolute Gasteiger partial charge is 0.261 e. The molecule has 5 aromatic rings. The summed E-state index contributed by atoms with van der Waals surface area (Å²) in [5, 5.41) is 17.6. The highest BCUT2D eigenvalue weighted by molar-refractivity contribution is 6.22. The molecule has 2 heterocycles. The van der Waals surface area contributed by atoms with Crippen molar-refractivity contribution in [2.45, 2.75) is 99.3 Å². The Bertz CT molecular complexity index is 2320. The molecule has 0 fully saturated rings. The van der Waals surface area contributed by atoms with Gasteiger partial charge in [0, 0.05) is 19.7 Å². The van der Waals surface area contributed by atoms with E-state index in [9.17, 15) is 24.3 Å². The van der Waals surface area contributed by atoms with E-state index in [1.54, 1.807) is 66.7 Å². The first-order chi connectivity index (χ1) is 34.2. The van der Waals surface area contributed by atoms with E-state index in [-0.39, 0.29) is 34.9 Å². The van der Waals surface area contributed by atoms with Gasteiger partial charge in [0.2, 0.25) is 0 Å². The fourth-order valence-corrected chi connectivity index (χ4v) is 7.45. The Labute approximate surface area is 427 Å². The van der Waals surface area contributed by atoms with Crippen molar-refractivity contribution >= 4 is 23.6 Å². The molecule has 14 heteroatoms. The zero-order valence-corrected chi connectivity index (χ0v) is 43.4. The Balaban J connectivity index is 0.000000349. The van der Waals surface area contributed by atoms with Gasteiger partial charge in [-0.05, 0) is 159 Å². The molecular formula is C58H81N5O9. The van der Waals surface area contributed by atoms with E-state index in [0.29, 0.717) is 72.5 Å². The molecule has 10 N–H and O–H groups in total. The molecule has 0 unspecified atom stereocenters. The van der Waals surface area contributed by atoms with Gasteiger partial charge in [-0.1, -0.05) is 102 Å². The molecule has 0 atom stereocenters. The molecule has 0 aromatic heterocycles. The summed E-state index contributed by atoms with van der Waals surface area (Å²) in [5.41, 5.74) is 11.0. The second-order valence-electron chi connectivity index (χ2n) is 18.6. The molecule has 392 valence electrons. The molecule has 0 radical (unpaired) electrons. The number of hydrazine groups is 1. The highest BCUT2D eigenvalue weighted by Crippen LogP contribution is 2.25. The van der Waals surface area contributed by atoms with Crippen molar-refractivity contribution in [1.82, 2.24) is 9.80 Å². The number of benzene rings is 5. The number of carbonyl (C=O) groups excluding carboxylic acids is 4. The highest BCUT2D eigenvalue weighted by Gasteiger charge is 2.35. The van der Waals surface area contributed by atoms with Crippen molar-refractivity contribution in [2.75, 3.05) is 39.5 Å². The van der Waals surface area contributed by atoms with Gasteiger partial charge >= 0.3 is 0 Å². The fourth-order valence-electron chi connectivity index (χ4n) is 7.45. The minimum absolute atomic E-state index is 0. The van der Waals surface area contributed by atoms with E-state index in [4.69, 9.17) is 20.3 Å². The number of ether oxygens (including phenoxy) is 2. The number of hydrogen-bond donors (Lipinski definition) is 5. The monoisotopic (exact) mass is 992 g/mol. The Morgan fingerprint density at radius 1 is 0.486 bits per heavy atom. The van der Waals surface area contributed by atoms with Gasteiger partial charge in [-0.2, -0.15) is 0 Å². The molecule has 4 amide bonds. The number of aliphatic hydroxyl groups is 1. The predicted molar refractivity (Wildman–Crippen MR) is 287 cm³/mol. The lowest BCUT2D eigenvalue weighted by Crippen LogP contribution is -2.30. The molecule has 2 aliphatic rings. The summed E-state index contributed by atoms with van der Waals surface area (Å²) in [4.78, 5) is 51.7. The number of phenolic OH excluding ortho intramolecular Hbond substituents is 1. The van der Waals surface area contributed by atoms with Crippen LogP contribution < -0.4 is 26.9 Å². The maximum atomic E-state index is 12.4. The van der Waals surface area contributed by atoms with Crippen LogP contribution in [0.4, 0.5) is 0 Å². The number of carbonyl (C=O) groups is 4. The van der Waals surface area contributed by atoms with Crippen LogP contribution in [0.5, 0.6) is 17.2 Å². The van der Waals surface area contributed by atoms with Crippen LogP contribution in [0.25, 0.3) is 0 Å². The Morgan fingerprint density at radius 3 is 1.15 bits per heavy atom. The number of imide groups is 2. The molecule has 72 heavy (non-hydrogen) atoms. The number of hydrogen-bond acceptors (Lipinski definition) is 11. The lowest BCUT2D eigenvalue weighted by atomic mass is 10.1. The first kappa shape index (κ1) is 61.7. The summed E-state index contributed by atoms with van der Waals surface area (Å²) in [6, 6.07) is 37.3. The normalized spacial score (nSPS) is 12.1. The van der Waals surface area contributed by atoms with E-state index in [1.807, 2.05) is 30.3 Å². The predicted octanol–water partition coefficient (Wildman–Crippen LogP) is 8.98. The van der Waals surface area contributed by atoms with E-state index >= 15 is 0 Å². The fraction of sp³-hybridized carbons (Fsp3) is 0.414.